The number of aliphatic carboxylic acids is 2. The molecule has 33 heavy (non-hydrogen) atoms. The molecule has 0 saturated carbocycles. The van der Waals surface area contributed by atoms with Gasteiger partial charge in [-0.05, 0) is 12.5 Å². The molecule has 0 aliphatic heterocycles. The van der Waals surface area contributed by atoms with Gasteiger partial charge in [0.25, 0.3) is 0 Å². The van der Waals surface area contributed by atoms with E-state index in [1.807, 2.05) is 0 Å². The van der Waals surface area contributed by atoms with Gasteiger partial charge in [-0.25, -0.2) is 4.79 Å². The molecule has 0 bridgehead atoms. The largest absolute Gasteiger partial charge is 0.481 e. The summed E-state index contributed by atoms with van der Waals surface area (Å²) in [4.78, 5) is 59.9. The topological polar surface area (TPSA) is 208 Å². The smallest absolute Gasteiger partial charge is 0.326 e. The van der Waals surface area contributed by atoms with Crippen LogP contribution in [0, 0.1) is 0 Å². The number of carbonyl (C=O) groups excluding carboxylic acids is 3. The molecule has 5 atom stereocenters. The van der Waals surface area contributed by atoms with E-state index in [0.717, 1.165) is 0 Å². The minimum atomic E-state index is -1.62. The zero-order chi connectivity index (χ0) is 25.1. The van der Waals surface area contributed by atoms with E-state index in [-0.39, 0.29) is 12.2 Å². The number of amides is 3. The van der Waals surface area contributed by atoms with Crippen LogP contribution in [-0.4, -0.2) is 81.0 Å². The lowest BCUT2D eigenvalue weighted by Gasteiger charge is -2.26. The molecule has 12 nitrogen and oxygen atoms in total. The summed E-state index contributed by atoms with van der Waals surface area (Å²) in [5, 5.41) is 35.1. The zero-order valence-electron chi connectivity index (χ0n) is 17.8. The van der Waals surface area contributed by atoms with E-state index in [9.17, 15) is 34.2 Å². The molecule has 8 N–H and O–H groups in total. The van der Waals surface area contributed by atoms with Crippen LogP contribution in [0.15, 0.2) is 30.3 Å². The van der Waals surface area contributed by atoms with Gasteiger partial charge >= 0.3 is 11.9 Å². The van der Waals surface area contributed by atoms with E-state index in [0.29, 0.717) is 5.56 Å². The highest BCUT2D eigenvalue weighted by atomic mass is 32.1. The molecule has 0 aromatic heterocycles. The second-order valence-electron chi connectivity index (χ2n) is 7.26. The van der Waals surface area contributed by atoms with Crippen LogP contribution in [0.1, 0.15) is 18.9 Å². The number of thiol groups is 1. The minimum absolute atomic E-state index is 0.0539. The van der Waals surface area contributed by atoms with Crippen LogP contribution >= 0.6 is 12.6 Å². The Morgan fingerprint density at radius 3 is 2.00 bits per heavy atom. The Morgan fingerprint density at radius 1 is 0.939 bits per heavy atom. The van der Waals surface area contributed by atoms with Gasteiger partial charge in [0.05, 0.1) is 18.6 Å². The molecule has 0 aliphatic carbocycles. The number of hydrogen-bond acceptors (Lipinski definition) is 8. The summed E-state index contributed by atoms with van der Waals surface area (Å²) in [7, 11) is 0. The summed E-state index contributed by atoms with van der Waals surface area (Å²) >= 11 is 3.86. The van der Waals surface area contributed by atoms with Gasteiger partial charge in [0.15, 0.2) is 0 Å². The van der Waals surface area contributed by atoms with Gasteiger partial charge in [0, 0.05) is 12.2 Å². The van der Waals surface area contributed by atoms with Gasteiger partial charge in [-0.15, -0.1) is 0 Å². The van der Waals surface area contributed by atoms with Crippen LogP contribution in [0.5, 0.6) is 0 Å². The minimum Gasteiger partial charge on any atom is -0.481 e. The van der Waals surface area contributed by atoms with Crippen molar-refractivity contribution in [2.45, 2.75) is 50.0 Å². The van der Waals surface area contributed by atoms with Gasteiger partial charge in [0.2, 0.25) is 17.7 Å². The maximum atomic E-state index is 12.7. The van der Waals surface area contributed by atoms with Crippen LogP contribution in [0.4, 0.5) is 0 Å². The average Bonchev–Trinajstić information content (AvgIpc) is 2.75. The van der Waals surface area contributed by atoms with Crippen molar-refractivity contribution >= 4 is 42.3 Å². The first-order valence-corrected chi connectivity index (χ1v) is 10.5. The molecular formula is C20H28N4O8S. The number of nitrogens with one attached hydrogen (secondary N) is 3. The van der Waals surface area contributed by atoms with Crippen LogP contribution in [0.2, 0.25) is 0 Å². The number of aliphatic hydroxyl groups is 1. The van der Waals surface area contributed by atoms with Crippen LogP contribution in [0.25, 0.3) is 0 Å². The first kappa shape index (κ1) is 27.9. The second kappa shape index (κ2) is 13.4. The van der Waals surface area contributed by atoms with Gasteiger partial charge < -0.3 is 37.0 Å². The Hall–Kier alpha value is -3.16. The number of rotatable bonds is 13. The molecule has 1 aromatic rings. The summed E-state index contributed by atoms with van der Waals surface area (Å²) in [6, 6.07) is 2.79. The van der Waals surface area contributed by atoms with Crippen molar-refractivity contribution in [1.82, 2.24) is 16.0 Å². The standard InChI is InChI=1S/C20H28N4O8S/c1-10(25)16(19(30)23-14(20(31)32)7-11-5-3-2-4-6-11)24-18(29)13(8-15(26)27)22-17(28)12(21)9-33/h2-6,10,12-14,16,25,33H,7-9,21H2,1H3,(H,22,28)(H,23,30)(H,24,29)(H,26,27)(H,31,32). The van der Waals surface area contributed by atoms with E-state index in [2.05, 4.69) is 28.6 Å². The lowest BCUT2D eigenvalue weighted by Crippen LogP contribution is -2.60. The van der Waals surface area contributed by atoms with E-state index >= 15 is 0 Å². The van der Waals surface area contributed by atoms with Crippen molar-refractivity contribution in [2.24, 2.45) is 5.73 Å². The summed E-state index contributed by atoms with van der Waals surface area (Å²) < 4.78 is 0. The predicted molar refractivity (Wildman–Crippen MR) is 119 cm³/mol. The summed E-state index contributed by atoms with van der Waals surface area (Å²) in [5.41, 5.74) is 6.14. The SMILES string of the molecule is CC(O)C(NC(=O)C(CC(=O)O)NC(=O)C(N)CS)C(=O)NC(Cc1ccccc1)C(=O)O. The predicted octanol–water partition coefficient (Wildman–Crippen LogP) is -2.12. The number of benzene rings is 1. The highest BCUT2D eigenvalue weighted by Crippen LogP contribution is 2.05. The lowest BCUT2D eigenvalue weighted by atomic mass is 10.0. The molecule has 5 unspecified atom stereocenters. The molecule has 182 valence electrons. The fraction of sp³-hybridized carbons (Fsp3) is 0.450. The number of carbonyl (C=O) groups is 5. The molecule has 0 saturated heterocycles. The number of carboxylic acids is 2. The van der Waals surface area contributed by atoms with E-state index in [1.165, 1.54) is 6.92 Å². The fourth-order valence-electron chi connectivity index (χ4n) is 2.72. The first-order valence-electron chi connectivity index (χ1n) is 9.90. The highest BCUT2D eigenvalue weighted by Gasteiger charge is 2.33. The van der Waals surface area contributed by atoms with Crippen LogP contribution in [0.3, 0.4) is 0 Å². The molecule has 0 fully saturated rings. The molecule has 1 rings (SSSR count). The molecular weight excluding hydrogens is 456 g/mol. The zero-order valence-corrected chi connectivity index (χ0v) is 18.7. The molecule has 0 heterocycles. The van der Waals surface area contributed by atoms with Crippen molar-refractivity contribution in [3.8, 4) is 0 Å². The average molecular weight is 485 g/mol. The Bertz CT molecular complexity index is 852. The summed E-state index contributed by atoms with van der Waals surface area (Å²) in [6.45, 7) is 1.18. The molecule has 1 aromatic carbocycles. The highest BCUT2D eigenvalue weighted by molar-refractivity contribution is 7.80. The molecule has 3 amide bonds. The van der Waals surface area contributed by atoms with Crippen molar-refractivity contribution in [3.05, 3.63) is 35.9 Å². The van der Waals surface area contributed by atoms with Gasteiger partial charge in [-0.2, -0.15) is 12.6 Å². The summed E-state index contributed by atoms with van der Waals surface area (Å²) in [6.07, 6.45) is -2.35. The first-order chi connectivity index (χ1) is 15.5. The normalized spacial score (nSPS) is 15.3. The third kappa shape index (κ3) is 9.47. The van der Waals surface area contributed by atoms with Gasteiger partial charge in [0.1, 0.15) is 18.1 Å². The number of carboxylic acid groups (broad SMARTS) is 2. The van der Waals surface area contributed by atoms with E-state index in [1.54, 1.807) is 30.3 Å². The Labute approximate surface area is 195 Å². The van der Waals surface area contributed by atoms with Crippen molar-refractivity contribution < 1.29 is 39.3 Å². The molecule has 0 spiro atoms. The number of nitrogens with two attached hydrogens (primary N) is 1. The molecule has 13 heteroatoms. The van der Waals surface area contributed by atoms with E-state index in [4.69, 9.17) is 10.8 Å². The molecule has 0 radical (unpaired) electrons. The third-order valence-corrected chi connectivity index (χ3v) is 4.90. The molecule has 0 aliphatic rings. The van der Waals surface area contributed by atoms with Gasteiger partial charge in [-0.3, -0.25) is 19.2 Å². The monoisotopic (exact) mass is 484 g/mol. The second-order valence-corrected chi connectivity index (χ2v) is 7.63. The quantitative estimate of drug-likeness (QED) is 0.144. The van der Waals surface area contributed by atoms with Crippen molar-refractivity contribution in [3.63, 3.8) is 0 Å². The van der Waals surface area contributed by atoms with E-state index < -0.39 is 66.4 Å². The fourth-order valence-corrected chi connectivity index (χ4v) is 2.88. The van der Waals surface area contributed by atoms with Crippen molar-refractivity contribution in [2.75, 3.05) is 5.75 Å². The number of aliphatic hydroxyl groups excluding tert-OH is 1. The third-order valence-electron chi connectivity index (χ3n) is 4.51. The van der Waals surface area contributed by atoms with Crippen LogP contribution < -0.4 is 21.7 Å². The summed E-state index contributed by atoms with van der Waals surface area (Å²) in [5.74, 6) is -5.73. The van der Waals surface area contributed by atoms with Gasteiger partial charge in [-0.1, -0.05) is 30.3 Å². The Morgan fingerprint density at radius 2 is 1.52 bits per heavy atom. The maximum Gasteiger partial charge on any atom is 0.326 e. The Balaban J connectivity index is 2.96. The lowest BCUT2D eigenvalue weighted by molar-refractivity contribution is -0.144. The Kier molecular flexibility index (Phi) is 11.3. The van der Waals surface area contributed by atoms with Crippen LogP contribution in [-0.2, 0) is 30.4 Å². The number of hydrogen-bond donors (Lipinski definition) is 8. The maximum absolute atomic E-state index is 12.7. The van der Waals surface area contributed by atoms with Crippen molar-refractivity contribution in [1.29, 1.82) is 0 Å².